The Morgan fingerprint density at radius 2 is 1.89 bits per heavy atom. The van der Waals surface area contributed by atoms with Gasteiger partial charge in [-0.3, -0.25) is 4.79 Å². The second-order valence-corrected chi connectivity index (χ2v) is 9.36. The number of rotatable bonds is 3. The third-order valence-corrected chi connectivity index (χ3v) is 7.80. The molecule has 27 heavy (non-hydrogen) atoms. The van der Waals surface area contributed by atoms with Gasteiger partial charge in [-0.1, -0.05) is 35.9 Å². The summed E-state index contributed by atoms with van der Waals surface area (Å²) in [7, 11) is -3.78. The molecule has 1 aliphatic heterocycles. The number of carbonyl (C=O) groups is 1. The van der Waals surface area contributed by atoms with Crippen molar-refractivity contribution in [3.8, 4) is 0 Å². The van der Waals surface area contributed by atoms with Gasteiger partial charge >= 0.3 is 0 Å². The minimum absolute atomic E-state index is 0.0602. The summed E-state index contributed by atoms with van der Waals surface area (Å²) in [4.78, 5) is 13.2. The Labute approximate surface area is 164 Å². The van der Waals surface area contributed by atoms with Gasteiger partial charge in [-0.25, -0.2) is 12.8 Å². The Kier molecular flexibility index (Phi) is 4.53. The Hall–Kier alpha value is -2.22. The fraction of sp³-hybridized carbons (Fsp3) is 0.105. The second kappa shape index (κ2) is 6.74. The smallest absolute Gasteiger partial charge is 0.225 e. The molecule has 1 unspecified atom stereocenters. The number of sulfone groups is 1. The third kappa shape index (κ3) is 3.16. The predicted octanol–water partition coefficient (Wildman–Crippen LogP) is 4.85. The fourth-order valence-electron chi connectivity index (χ4n) is 3.16. The number of benzene rings is 2. The third-order valence-electron chi connectivity index (χ3n) is 4.44. The molecular formula is C19H13ClFNO3S2. The van der Waals surface area contributed by atoms with E-state index in [0.29, 0.717) is 10.4 Å². The summed E-state index contributed by atoms with van der Waals surface area (Å²) < 4.78 is 39.4. The zero-order valence-electron chi connectivity index (χ0n) is 13.8. The molecule has 138 valence electrons. The minimum Gasteiger partial charge on any atom is -0.324 e. The lowest BCUT2D eigenvalue weighted by Crippen LogP contribution is -2.23. The second-order valence-electron chi connectivity index (χ2n) is 6.13. The van der Waals surface area contributed by atoms with Gasteiger partial charge in [0.15, 0.2) is 0 Å². The molecule has 4 nitrogen and oxygen atoms in total. The lowest BCUT2D eigenvalue weighted by molar-refractivity contribution is -0.116. The maximum atomic E-state index is 13.4. The summed E-state index contributed by atoms with van der Waals surface area (Å²) in [6.45, 7) is 0. The highest BCUT2D eigenvalue weighted by Gasteiger charge is 2.35. The number of hydrogen-bond acceptors (Lipinski definition) is 4. The van der Waals surface area contributed by atoms with Gasteiger partial charge in [-0.05, 0) is 29.8 Å². The van der Waals surface area contributed by atoms with Crippen molar-refractivity contribution in [1.82, 2.24) is 0 Å². The lowest BCUT2D eigenvalue weighted by atomic mass is 9.90. The number of hydrogen-bond donors (Lipinski definition) is 1. The molecule has 3 aromatic rings. The van der Waals surface area contributed by atoms with E-state index in [-0.39, 0.29) is 32.8 Å². The number of fused-ring (bicyclic) bond motifs is 1. The number of amides is 1. The normalized spacial score (nSPS) is 16.7. The van der Waals surface area contributed by atoms with Crippen LogP contribution in [0.15, 0.2) is 63.7 Å². The van der Waals surface area contributed by atoms with Crippen LogP contribution < -0.4 is 5.32 Å². The van der Waals surface area contributed by atoms with Crippen molar-refractivity contribution in [3.05, 3.63) is 75.2 Å². The molecule has 2 heterocycles. The summed E-state index contributed by atoms with van der Waals surface area (Å²) in [6, 6.07) is 12.1. The van der Waals surface area contributed by atoms with Crippen molar-refractivity contribution in [1.29, 1.82) is 0 Å². The first-order valence-corrected chi connectivity index (χ1v) is 10.8. The van der Waals surface area contributed by atoms with Crippen LogP contribution in [0.1, 0.15) is 22.8 Å². The molecule has 2 aromatic carbocycles. The van der Waals surface area contributed by atoms with E-state index in [1.165, 1.54) is 47.0 Å². The number of carbonyl (C=O) groups excluding carboxylic acids is 1. The van der Waals surface area contributed by atoms with Gasteiger partial charge in [-0.15, -0.1) is 11.3 Å². The van der Waals surface area contributed by atoms with Crippen LogP contribution in [0.25, 0.3) is 0 Å². The molecule has 0 bridgehead atoms. The van der Waals surface area contributed by atoms with Crippen LogP contribution >= 0.6 is 22.9 Å². The first-order chi connectivity index (χ1) is 12.9. The average Bonchev–Trinajstić information content (AvgIpc) is 3.06. The molecule has 1 aliphatic rings. The standard InChI is InChI=1S/C19H13ClFNO3S2/c20-15-8-11(21)6-7-13(15)14-9-17(23)22-18-16(10-26-19(14)18)27(24,25)12-4-2-1-3-5-12/h1-8,10,14H,9H2,(H,22,23). The van der Waals surface area contributed by atoms with Crippen LogP contribution in [-0.4, -0.2) is 14.3 Å². The van der Waals surface area contributed by atoms with Crippen LogP contribution in [0.5, 0.6) is 0 Å². The fourth-order valence-corrected chi connectivity index (χ4v) is 6.38. The highest BCUT2D eigenvalue weighted by atomic mass is 35.5. The number of nitrogens with one attached hydrogen (secondary N) is 1. The van der Waals surface area contributed by atoms with Crippen LogP contribution in [0.4, 0.5) is 10.1 Å². The van der Waals surface area contributed by atoms with E-state index < -0.39 is 21.6 Å². The molecule has 1 aromatic heterocycles. The van der Waals surface area contributed by atoms with Gasteiger partial charge in [0.05, 0.1) is 10.6 Å². The zero-order chi connectivity index (χ0) is 19.2. The molecule has 1 amide bonds. The first kappa shape index (κ1) is 18.2. The molecule has 0 fully saturated rings. The van der Waals surface area contributed by atoms with Crippen molar-refractivity contribution < 1.29 is 17.6 Å². The van der Waals surface area contributed by atoms with E-state index in [1.54, 1.807) is 18.2 Å². The zero-order valence-corrected chi connectivity index (χ0v) is 16.2. The van der Waals surface area contributed by atoms with E-state index in [2.05, 4.69) is 5.32 Å². The monoisotopic (exact) mass is 421 g/mol. The van der Waals surface area contributed by atoms with Gasteiger partial charge in [0.25, 0.3) is 0 Å². The van der Waals surface area contributed by atoms with Crippen molar-refractivity contribution in [2.24, 2.45) is 0 Å². The molecule has 0 saturated carbocycles. The molecule has 4 rings (SSSR count). The summed E-state index contributed by atoms with van der Waals surface area (Å²) >= 11 is 7.43. The maximum absolute atomic E-state index is 13.4. The van der Waals surface area contributed by atoms with E-state index in [0.717, 1.165) is 0 Å². The summed E-state index contributed by atoms with van der Waals surface area (Å²) in [5.74, 6) is -1.20. The molecule has 0 radical (unpaired) electrons. The summed E-state index contributed by atoms with van der Waals surface area (Å²) in [6.07, 6.45) is 0.115. The molecule has 8 heteroatoms. The summed E-state index contributed by atoms with van der Waals surface area (Å²) in [5.41, 5.74) is 0.880. The van der Waals surface area contributed by atoms with E-state index in [9.17, 15) is 17.6 Å². The van der Waals surface area contributed by atoms with Crippen molar-refractivity contribution in [2.45, 2.75) is 22.1 Å². The van der Waals surface area contributed by atoms with Crippen LogP contribution in [0.3, 0.4) is 0 Å². The molecule has 0 aliphatic carbocycles. The highest BCUT2D eigenvalue weighted by molar-refractivity contribution is 7.91. The summed E-state index contributed by atoms with van der Waals surface area (Å²) in [5, 5.41) is 4.43. The van der Waals surface area contributed by atoms with E-state index >= 15 is 0 Å². The maximum Gasteiger partial charge on any atom is 0.225 e. The average molecular weight is 422 g/mol. The van der Waals surface area contributed by atoms with Crippen molar-refractivity contribution >= 4 is 44.4 Å². The Balaban J connectivity index is 1.85. The predicted molar refractivity (Wildman–Crippen MR) is 103 cm³/mol. The number of thiophene rings is 1. The van der Waals surface area contributed by atoms with Gasteiger partial charge < -0.3 is 5.32 Å². The van der Waals surface area contributed by atoms with E-state index in [1.807, 2.05) is 0 Å². The Morgan fingerprint density at radius 1 is 1.15 bits per heavy atom. The molecular weight excluding hydrogens is 409 g/mol. The SMILES string of the molecule is O=C1CC(c2ccc(F)cc2Cl)c2scc(S(=O)(=O)c3ccccc3)c2N1. The van der Waals surface area contributed by atoms with Gasteiger partial charge in [0, 0.05) is 27.6 Å². The molecule has 1 atom stereocenters. The molecule has 1 N–H and O–H groups in total. The lowest BCUT2D eigenvalue weighted by Gasteiger charge is -2.24. The molecule has 0 spiro atoms. The topological polar surface area (TPSA) is 63.2 Å². The van der Waals surface area contributed by atoms with Crippen LogP contribution in [-0.2, 0) is 14.6 Å². The van der Waals surface area contributed by atoms with Crippen LogP contribution in [0, 0.1) is 5.82 Å². The minimum atomic E-state index is -3.78. The number of halogens is 2. The van der Waals surface area contributed by atoms with Gasteiger partial charge in [0.1, 0.15) is 10.7 Å². The van der Waals surface area contributed by atoms with Gasteiger partial charge in [0.2, 0.25) is 15.7 Å². The largest absolute Gasteiger partial charge is 0.324 e. The van der Waals surface area contributed by atoms with Crippen LogP contribution in [0.2, 0.25) is 5.02 Å². The first-order valence-electron chi connectivity index (χ1n) is 8.04. The van der Waals surface area contributed by atoms with Gasteiger partial charge in [-0.2, -0.15) is 0 Å². The Bertz CT molecular complexity index is 1140. The molecule has 0 saturated heterocycles. The quantitative estimate of drug-likeness (QED) is 0.657. The number of anilines is 1. The van der Waals surface area contributed by atoms with Crippen molar-refractivity contribution in [3.63, 3.8) is 0 Å². The highest BCUT2D eigenvalue weighted by Crippen LogP contribution is 2.47. The van der Waals surface area contributed by atoms with E-state index in [4.69, 9.17) is 11.6 Å². The van der Waals surface area contributed by atoms with Crippen molar-refractivity contribution in [2.75, 3.05) is 5.32 Å². The Morgan fingerprint density at radius 3 is 2.59 bits per heavy atom.